The zero-order valence-electron chi connectivity index (χ0n) is 11.3. The molecule has 5 nitrogen and oxygen atoms in total. The molecule has 0 radical (unpaired) electrons. The third-order valence-corrected chi connectivity index (χ3v) is 3.74. The monoisotopic (exact) mass is 282 g/mol. The van der Waals surface area contributed by atoms with E-state index in [0.717, 1.165) is 11.1 Å². The minimum Gasteiger partial charge on any atom is -0.507 e. The van der Waals surface area contributed by atoms with Crippen LogP contribution in [0.2, 0.25) is 0 Å². The summed E-state index contributed by atoms with van der Waals surface area (Å²) >= 11 is 0. The van der Waals surface area contributed by atoms with Gasteiger partial charge in [0.15, 0.2) is 6.29 Å². The van der Waals surface area contributed by atoms with Crippen LogP contribution >= 0.6 is 0 Å². The number of phenolic OH excluding ortho intramolecular Hbond substituents is 1. The average molecular weight is 282 g/mol. The van der Waals surface area contributed by atoms with E-state index in [-0.39, 0.29) is 11.7 Å². The van der Waals surface area contributed by atoms with Crippen LogP contribution in [0.3, 0.4) is 0 Å². The number of benzene rings is 1. The maximum atomic E-state index is 12.4. The Kier molecular flexibility index (Phi) is 3.39. The number of rotatable bonds is 2. The van der Waals surface area contributed by atoms with Gasteiger partial charge in [-0.15, -0.1) is 0 Å². The van der Waals surface area contributed by atoms with Gasteiger partial charge in [0.2, 0.25) is 0 Å². The molecular formula is C16H14N2O3. The van der Waals surface area contributed by atoms with Crippen LogP contribution < -0.4 is 0 Å². The largest absolute Gasteiger partial charge is 0.507 e. The Bertz CT molecular complexity index is 698. The number of hydrogen-bond donors (Lipinski definition) is 1. The van der Waals surface area contributed by atoms with Crippen molar-refractivity contribution in [2.24, 2.45) is 0 Å². The van der Waals surface area contributed by atoms with E-state index < -0.39 is 0 Å². The summed E-state index contributed by atoms with van der Waals surface area (Å²) in [6, 6.07) is 6.73. The number of hydrogen-bond acceptors (Lipinski definition) is 4. The number of aromatic hydroxyl groups is 1. The fourth-order valence-electron chi connectivity index (χ4n) is 2.65. The Morgan fingerprint density at radius 2 is 2.19 bits per heavy atom. The van der Waals surface area contributed by atoms with Crippen molar-refractivity contribution in [3.05, 3.63) is 58.9 Å². The van der Waals surface area contributed by atoms with Crippen molar-refractivity contribution in [1.29, 1.82) is 0 Å². The highest BCUT2D eigenvalue weighted by molar-refractivity contribution is 5.94. The second kappa shape index (κ2) is 5.36. The predicted octanol–water partition coefficient (Wildman–Crippen LogP) is 1.80. The van der Waals surface area contributed by atoms with E-state index in [1.165, 1.54) is 6.07 Å². The molecule has 106 valence electrons. The lowest BCUT2D eigenvalue weighted by Gasteiger charge is -2.29. The van der Waals surface area contributed by atoms with Crippen molar-refractivity contribution in [1.82, 2.24) is 9.88 Å². The Morgan fingerprint density at radius 3 is 2.90 bits per heavy atom. The van der Waals surface area contributed by atoms with Gasteiger partial charge in [0.05, 0.1) is 11.1 Å². The first kappa shape index (κ1) is 13.3. The van der Waals surface area contributed by atoms with Gasteiger partial charge in [-0.3, -0.25) is 14.6 Å². The summed E-state index contributed by atoms with van der Waals surface area (Å²) in [5, 5.41) is 9.70. The van der Waals surface area contributed by atoms with Gasteiger partial charge in [-0.25, -0.2) is 0 Å². The van der Waals surface area contributed by atoms with E-state index in [9.17, 15) is 14.7 Å². The van der Waals surface area contributed by atoms with Crippen LogP contribution in [0.1, 0.15) is 31.8 Å². The van der Waals surface area contributed by atoms with Crippen molar-refractivity contribution < 1.29 is 14.7 Å². The normalized spacial score (nSPS) is 13.6. The summed E-state index contributed by atoms with van der Waals surface area (Å²) in [6.07, 6.45) is 4.41. The van der Waals surface area contributed by atoms with Crippen LogP contribution in [-0.2, 0) is 13.0 Å². The first-order chi connectivity index (χ1) is 10.2. The van der Waals surface area contributed by atoms with E-state index in [1.54, 1.807) is 35.5 Å². The van der Waals surface area contributed by atoms with Gasteiger partial charge in [-0.05, 0) is 35.7 Å². The van der Waals surface area contributed by atoms with Crippen molar-refractivity contribution in [2.45, 2.75) is 13.0 Å². The number of phenols is 1. The number of amides is 1. The second-order valence-electron chi connectivity index (χ2n) is 4.97. The molecule has 0 fully saturated rings. The summed E-state index contributed by atoms with van der Waals surface area (Å²) in [5.74, 6) is -0.0785. The minimum absolute atomic E-state index is 0.00390. The summed E-state index contributed by atoms with van der Waals surface area (Å²) in [4.78, 5) is 29.2. The molecule has 1 aromatic heterocycles. The number of carbonyl (C=O) groups excluding carboxylic acids is 2. The van der Waals surface area contributed by atoms with Crippen LogP contribution in [0, 0.1) is 0 Å². The number of nitrogens with zero attached hydrogens (tertiary/aromatic N) is 2. The highest BCUT2D eigenvalue weighted by Gasteiger charge is 2.24. The second-order valence-corrected chi connectivity index (χ2v) is 4.97. The highest BCUT2D eigenvalue weighted by Crippen LogP contribution is 2.28. The van der Waals surface area contributed by atoms with Crippen LogP contribution in [0.15, 0.2) is 36.7 Å². The highest BCUT2D eigenvalue weighted by atomic mass is 16.3. The summed E-state index contributed by atoms with van der Waals surface area (Å²) in [6.45, 7) is 0.954. The third-order valence-electron chi connectivity index (χ3n) is 3.74. The standard InChI is InChI=1S/C16H14N2O3/c19-10-14-13-5-7-18(9-12(13)3-4-15(14)20)16(21)11-2-1-6-17-8-11/h1-4,6,8,10,20H,5,7,9H2. The minimum atomic E-state index is -0.0746. The Morgan fingerprint density at radius 1 is 1.33 bits per heavy atom. The number of aromatic nitrogens is 1. The van der Waals surface area contributed by atoms with Crippen molar-refractivity contribution in [2.75, 3.05) is 6.54 Å². The van der Waals surface area contributed by atoms with E-state index in [2.05, 4.69) is 4.98 Å². The molecule has 0 atom stereocenters. The fourth-order valence-corrected chi connectivity index (χ4v) is 2.65. The van der Waals surface area contributed by atoms with E-state index in [1.807, 2.05) is 0 Å². The molecule has 1 aromatic carbocycles. The van der Waals surface area contributed by atoms with Gasteiger partial charge in [-0.1, -0.05) is 6.07 Å². The molecule has 3 rings (SSSR count). The molecule has 5 heteroatoms. The van der Waals surface area contributed by atoms with Gasteiger partial charge in [-0.2, -0.15) is 0 Å². The van der Waals surface area contributed by atoms with Crippen LogP contribution in [-0.4, -0.2) is 33.7 Å². The number of aldehydes is 1. The lowest BCUT2D eigenvalue weighted by molar-refractivity contribution is 0.0734. The molecule has 21 heavy (non-hydrogen) atoms. The zero-order valence-corrected chi connectivity index (χ0v) is 11.3. The van der Waals surface area contributed by atoms with Crippen molar-refractivity contribution in [3.8, 4) is 5.75 Å². The van der Waals surface area contributed by atoms with Gasteiger partial charge >= 0.3 is 0 Å². The Labute approximate surface area is 121 Å². The Balaban J connectivity index is 1.89. The van der Waals surface area contributed by atoms with E-state index in [4.69, 9.17) is 0 Å². The molecule has 1 aliphatic rings. The molecule has 0 bridgehead atoms. The molecule has 0 spiro atoms. The van der Waals surface area contributed by atoms with Crippen LogP contribution in [0.25, 0.3) is 0 Å². The molecule has 2 heterocycles. The van der Waals surface area contributed by atoms with Gasteiger partial charge < -0.3 is 10.0 Å². The third kappa shape index (κ3) is 2.38. The lowest BCUT2D eigenvalue weighted by Crippen LogP contribution is -2.36. The molecule has 0 aliphatic carbocycles. The topological polar surface area (TPSA) is 70.5 Å². The van der Waals surface area contributed by atoms with Crippen molar-refractivity contribution in [3.63, 3.8) is 0 Å². The van der Waals surface area contributed by atoms with Crippen LogP contribution in [0.5, 0.6) is 5.75 Å². The van der Waals surface area contributed by atoms with E-state index >= 15 is 0 Å². The van der Waals surface area contributed by atoms with Crippen LogP contribution in [0.4, 0.5) is 0 Å². The molecule has 1 amide bonds. The molecule has 0 unspecified atom stereocenters. The number of fused-ring (bicyclic) bond motifs is 1. The zero-order chi connectivity index (χ0) is 14.8. The smallest absolute Gasteiger partial charge is 0.255 e. The first-order valence-corrected chi connectivity index (χ1v) is 6.69. The molecule has 1 N–H and O–H groups in total. The number of pyridine rings is 1. The molecule has 0 saturated carbocycles. The molecular weight excluding hydrogens is 268 g/mol. The summed E-state index contributed by atoms with van der Waals surface area (Å²) in [7, 11) is 0. The quantitative estimate of drug-likeness (QED) is 0.853. The molecule has 2 aromatic rings. The lowest BCUT2D eigenvalue weighted by atomic mass is 9.94. The molecule has 0 saturated heterocycles. The number of carbonyl (C=O) groups is 2. The molecule has 1 aliphatic heterocycles. The summed E-state index contributed by atoms with van der Waals surface area (Å²) in [5.41, 5.74) is 2.62. The summed E-state index contributed by atoms with van der Waals surface area (Å²) < 4.78 is 0. The average Bonchev–Trinajstić information content (AvgIpc) is 2.54. The predicted molar refractivity (Wildman–Crippen MR) is 76.2 cm³/mol. The first-order valence-electron chi connectivity index (χ1n) is 6.69. The van der Waals surface area contributed by atoms with E-state index in [0.29, 0.717) is 36.9 Å². The maximum absolute atomic E-state index is 12.4. The maximum Gasteiger partial charge on any atom is 0.255 e. The van der Waals surface area contributed by atoms with Crippen molar-refractivity contribution >= 4 is 12.2 Å². The van der Waals surface area contributed by atoms with Gasteiger partial charge in [0, 0.05) is 25.5 Å². The Hall–Kier alpha value is -2.69. The van der Waals surface area contributed by atoms with Gasteiger partial charge in [0.1, 0.15) is 5.75 Å². The SMILES string of the molecule is O=Cc1c(O)ccc2c1CCN(C(=O)c1cccnc1)C2. The van der Waals surface area contributed by atoms with Gasteiger partial charge in [0.25, 0.3) is 5.91 Å². The fraction of sp³-hybridized carbons (Fsp3) is 0.188.